The SMILES string of the molecule is COc1ccccc1NC(=O)Nc1nc(Nc2ccccc2-c2ccccc2)nc(N(CCC(=O)O)Cc2ccc(Cl)c(Cl)c2)n1. The molecule has 0 aliphatic rings. The quantitative estimate of drug-likeness (QED) is 0.106. The zero-order valence-electron chi connectivity index (χ0n) is 24.6. The molecule has 1 heterocycles. The molecule has 0 aliphatic carbocycles. The van der Waals surface area contributed by atoms with Crippen LogP contribution < -0.4 is 25.6 Å². The maximum atomic E-state index is 13.1. The number of aromatic nitrogens is 3. The molecule has 0 spiro atoms. The van der Waals surface area contributed by atoms with Crippen LogP contribution in [0, 0.1) is 0 Å². The van der Waals surface area contributed by atoms with E-state index in [9.17, 15) is 14.7 Å². The topological polar surface area (TPSA) is 142 Å². The van der Waals surface area contributed by atoms with E-state index in [1.54, 1.807) is 47.4 Å². The highest BCUT2D eigenvalue weighted by atomic mass is 35.5. The minimum atomic E-state index is -1.00. The van der Waals surface area contributed by atoms with E-state index < -0.39 is 12.0 Å². The highest BCUT2D eigenvalue weighted by Crippen LogP contribution is 2.31. The summed E-state index contributed by atoms with van der Waals surface area (Å²) in [6.07, 6.45) is -0.205. The van der Waals surface area contributed by atoms with Crippen LogP contribution in [0.15, 0.2) is 97.1 Å². The fourth-order valence-electron chi connectivity index (χ4n) is 4.54. The Morgan fingerprint density at radius 1 is 0.804 bits per heavy atom. The molecule has 234 valence electrons. The van der Waals surface area contributed by atoms with Gasteiger partial charge in [0, 0.05) is 24.3 Å². The minimum absolute atomic E-state index is 0.0481. The van der Waals surface area contributed by atoms with Crippen LogP contribution in [-0.4, -0.2) is 45.7 Å². The normalized spacial score (nSPS) is 10.6. The molecule has 4 N–H and O–H groups in total. The lowest BCUT2D eigenvalue weighted by Gasteiger charge is -2.23. The Hall–Kier alpha value is -5.39. The summed E-state index contributed by atoms with van der Waals surface area (Å²) in [6, 6.07) is 28.9. The molecule has 11 nitrogen and oxygen atoms in total. The summed E-state index contributed by atoms with van der Waals surface area (Å²) in [5, 5.41) is 18.9. The number of carbonyl (C=O) groups is 2. The van der Waals surface area contributed by atoms with Crippen LogP contribution in [0.5, 0.6) is 5.75 Å². The Morgan fingerprint density at radius 2 is 1.50 bits per heavy atom. The van der Waals surface area contributed by atoms with Crippen molar-refractivity contribution in [3.8, 4) is 16.9 Å². The summed E-state index contributed by atoms with van der Waals surface area (Å²) in [5.74, 6) is -0.371. The number of hydrogen-bond acceptors (Lipinski definition) is 8. The third kappa shape index (κ3) is 8.40. The number of anilines is 5. The van der Waals surface area contributed by atoms with E-state index in [1.807, 2.05) is 54.6 Å². The van der Waals surface area contributed by atoms with Crippen molar-refractivity contribution < 1.29 is 19.4 Å². The van der Waals surface area contributed by atoms with Crippen molar-refractivity contribution in [1.82, 2.24) is 15.0 Å². The van der Waals surface area contributed by atoms with E-state index in [2.05, 4.69) is 30.9 Å². The minimum Gasteiger partial charge on any atom is -0.495 e. The molecule has 0 radical (unpaired) electrons. The van der Waals surface area contributed by atoms with Crippen LogP contribution >= 0.6 is 23.2 Å². The van der Waals surface area contributed by atoms with Gasteiger partial charge in [-0.3, -0.25) is 10.1 Å². The van der Waals surface area contributed by atoms with Gasteiger partial charge in [0.25, 0.3) is 0 Å². The van der Waals surface area contributed by atoms with Gasteiger partial charge in [-0.1, -0.05) is 89.9 Å². The highest BCUT2D eigenvalue weighted by Gasteiger charge is 2.19. The number of nitrogens with zero attached hydrogens (tertiary/aromatic N) is 4. The largest absolute Gasteiger partial charge is 0.495 e. The predicted octanol–water partition coefficient (Wildman–Crippen LogP) is 7.72. The molecule has 0 fully saturated rings. The molecule has 1 aromatic heterocycles. The molecule has 5 rings (SSSR count). The maximum absolute atomic E-state index is 13.1. The molecule has 0 bridgehead atoms. The fraction of sp³-hybridized carbons (Fsp3) is 0.121. The molecule has 0 atom stereocenters. The number of nitrogens with one attached hydrogen (secondary N) is 3. The van der Waals surface area contributed by atoms with E-state index in [0.29, 0.717) is 27.2 Å². The smallest absolute Gasteiger partial charge is 0.326 e. The lowest BCUT2D eigenvalue weighted by Crippen LogP contribution is -2.29. The Bertz CT molecular complexity index is 1840. The Labute approximate surface area is 275 Å². The number of aliphatic carboxylic acids is 1. The average Bonchev–Trinajstić information content (AvgIpc) is 3.05. The first-order valence-corrected chi connectivity index (χ1v) is 14.8. The van der Waals surface area contributed by atoms with Crippen LogP contribution in [0.25, 0.3) is 11.1 Å². The molecule has 13 heteroatoms. The molecule has 0 saturated heterocycles. The van der Waals surface area contributed by atoms with Crippen molar-refractivity contribution >= 4 is 64.4 Å². The molecule has 0 aliphatic heterocycles. The lowest BCUT2D eigenvalue weighted by molar-refractivity contribution is -0.136. The van der Waals surface area contributed by atoms with Crippen molar-refractivity contribution in [2.24, 2.45) is 0 Å². The molecule has 5 aromatic rings. The van der Waals surface area contributed by atoms with Crippen molar-refractivity contribution in [2.75, 3.05) is 34.5 Å². The van der Waals surface area contributed by atoms with Gasteiger partial charge in [-0.25, -0.2) is 4.79 Å². The number of methoxy groups -OCH3 is 1. The third-order valence-electron chi connectivity index (χ3n) is 6.70. The van der Waals surface area contributed by atoms with E-state index in [0.717, 1.165) is 16.7 Å². The molecule has 46 heavy (non-hydrogen) atoms. The first-order valence-electron chi connectivity index (χ1n) is 14.1. The highest BCUT2D eigenvalue weighted by molar-refractivity contribution is 6.42. The van der Waals surface area contributed by atoms with Gasteiger partial charge in [-0.05, 0) is 41.5 Å². The lowest BCUT2D eigenvalue weighted by atomic mass is 10.0. The molecular weight excluding hydrogens is 629 g/mol. The summed E-state index contributed by atoms with van der Waals surface area (Å²) >= 11 is 12.4. The van der Waals surface area contributed by atoms with Crippen molar-refractivity contribution in [1.29, 1.82) is 0 Å². The van der Waals surface area contributed by atoms with E-state index in [1.165, 1.54) is 7.11 Å². The van der Waals surface area contributed by atoms with Crippen LogP contribution in [0.1, 0.15) is 12.0 Å². The van der Waals surface area contributed by atoms with Gasteiger partial charge in [-0.2, -0.15) is 15.0 Å². The van der Waals surface area contributed by atoms with Crippen LogP contribution in [-0.2, 0) is 11.3 Å². The first kappa shape index (κ1) is 32.0. The summed E-state index contributed by atoms with van der Waals surface area (Å²) in [7, 11) is 1.50. The van der Waals surface area contributed by atoms with Crippen LogP contribution in [0.2, 0.25) is 10.0 Å². The number of carboxylic acids is 1. The summed E-state index contributed by atoms with van der Waals surface area (Å²) in [6.45, 7) is 0.244. The van der Waals surface area contributed by atoms with Crippen molar-refractivity contribution in [3.05, 3.63) is 113 Å². The molecule has 4 aromatic carbocycles. The van der Waals surface area contributed by atoms with Gasteiger partial charge in [-0.15, -0.1) is 0 Å². The van der Waals surface area contributed by atoms with Gasteiger partial charge in [0.2, 0.25) is 17.8 Å². The second-order valence-corrected chi connectivity index (χ2v) is 10.7. The number of carboxylic acid groups (broad SMARTS) is 1. The number of para-hydroxylation sites is 3. The van der Waals surface area contributed by atoms with Gasteiger partial charge < -0.3 is 25.4 Å². The molecule has 0 unspecified atom stereocenters. The number of amides is 2. The number of hydrogen-bond donors (Lipinski definition) is 4. The number of ether oxygens (including phenoxy) is 1. The second-order valence-electron chi connectivity index (χ2n) is 9.91. The van der Waals surface area contributed by atoms with E-state index in [4.69, 9.17) is 27.9 Å². The fourth-order valence-corrected chi connectivity index (χ4v) is 4.86. The summed E-state index contributed by atoms with van der Waals surface area (Å²) in [4.78, 5) is 40.0. The number of rotatable bonds is 12. The first-order chi connectivity index (χ1) is 22.3. The number of benzene rings is 4. The summed E-state index contributed by atoms with van der Waals surface area (Å²) < 4.78 is 5.33. The molecular formula is C33H29Cl2N7O4. The van der Waals surface area contributed by atoms with E-state index >= 15 is 0 Å². The summed E-state index contributed by atoms with van der Waals surface area (Å²) in [5.41, 5.74) is 3.75. The second kappa shape index (κ2) is 15.1. The van der Waals surface area contributed by atoms with Gasteiger partial charge >= 0.3 is 12.0 Å². The van der Waals surface area contributed by atoms with Gasteiger partial charge in [0.05, 0.1) is 29.3 Å². The number of carbonyl (C=O) groups excluding carboxylic acids is 1. The Morgan fingerprint density at radius 3 is 2.24 bits per heavy atom. The van der Waals surface area contributed by atoms with Crippen LogP contribution in [0.3, 0.4) is 0 Å². The Kier molecular flexibility index (Phi) is 10.5. The zero-order valence-corrected chi connectivity index (χ0v) is 26.1. The van der Waals surface area contributed by atoms with E-state index in [-0.39, 0.29) is 37.4 Å². The van der Waals surface area contributed by atoms with Gasteiger partial charge in [0.15, 0.2) is 0 Å². The monoisotopic (exact) mass is 657 g/mol. The number of urea groups is 1. The van der Waals surface area contributed by atoms with Crippen molar-refractivity contribution in [2.45, 2.75) is 13.0 Å². The van der Waals surface area contributed by atoms with Crippen LogP contribution in [0.4, 0.5) is 34.0 Å². The van der Waals surface area contributed by atoms with Crippen molar-refractivity contribution in [3.63, 3.8) is 0 Å². The molecule has 0 saturated carbocycles. The molecule has 2 amide bonds. The van der Waals surface area contributed by atoms with Gasteiger partial charge in [0.1, 0.15) is 5.75 Å². The predicted molar refractivity (Wildman–Crippen MR) is 180 cm³/mol. The number of halogens is 2. The average molecular weight is 659 g/mol. The standard InChI is InChI=1S/C33H29Cl2N7O4/c1-46-28-14-8-7-13-27(28)37-33(45)41-31-38-30(36-26-12-6-5-11-23(26)22-9-3-2-4-10-22)39-32(40-31)42(18-17-29(43)44)20-21-15-16-24(34)25(35)19-21/h2-16,19H,17-18,20H2,1H3,(H,43,44)(H3,36,37,38,39,40,41,45). The Balaban J connectivity index is 1.52. The zero-order chi connectivity index (χ0) is 32.5. The maximum Gasteiger partial charge on any atom is 0.326 e. The third-order valence-corrected chi connectivity index (χ3v) is 7.44.